The Balaban J connectivity index is 2.32. The van der Waals surface area contributed by atoms with E-state index in [0.29, 0.717) is 29.6 Å². The van der Waals surface area contributed by atoms with E-state index in [4.69, 9.17) is 15.4 Å². The maximum Gasteiger partial charge on any atom is 0.320 e. The predicted octanol–water partition coefficient (Wildman–Crippen LogP) is 1.40. The minimum Gasteiger partial charge on any atom is -0.480 e. The van der Waals surface area contributed by atoms with Gasteiger partial charge in [-0.3, -0.25) is 4.79 Å². The Hall–Kier alpha value is -1.08. The average Bonchev–Trinajstić information content (AvgIpc) is 2.72. The van der Waals surface area contributed by atoms with Crippen molar-refractivity contribution in [3.05, 3.63) is 11.7 Å². The highest BCUT2D eigenvalue weighted by atomic mass is 32.2. The summed E-state index contributed by atoms with van der Waals surface area (Å²) in [6.45, 7) is 6.04. The van der Waals surface area contributed by atoms with Gasteiger partial charge >= 0.3 is 5.97 Å². The van der Waals surface area contributed by atoms with Gasteiger partial charge < -0.3 is 15.4 Å². The lowest BCUT2D eigenvalue weighted by Gasteiger charge is -2.10. The van der Waals surface area contributed by atoms with Crippen molar-refractivity contribution in [3.63, 3.8) is 0 Å². The molecule has 0 radical (unpaired) electrons. The van der Waals surface area contributed by atoms with Crippen molar-refractivity contribution in [2.75, 3.05) is 5.75 Å². The van der Waals surface area contributed by atoms with E-state index in [1.54, 1.807) is 0 Å². The van der Waals surface area contributed by atoms with Crippen molar-refractivity contribution in [1.82, 2.24) is 10.1 Å². The molecule has 102 valence electrons. The molecule has 7 heteroatoms. The lowest BCUT2D eigenvalue weighted by molar-refractivity contribution is -0.138. The zero-order valence-electron chi connectivity index (χ0n) is 10.8. The molecule has 0 fully saturated rings. The van der Waals surface area contributed by atoms with Gasteiger partial charge in [-0.15, -0.1) is 0 Å². The molecule has 0 amide bonds. The molecule has 3 N–H and O–H groups in total. The number of carboxylic acids is 1. The van der Waals surface area contributed by atoms with Gasteiger partial charge in [0.05, 0.1) is 5.75 Å². The van der Waals surface area contributed by atoms with Crippen LogP contribution in [0.15, 0.2) is 4.52 Å². The van der Waals surface area contributed by atoms with Crippen LogP contribution in [-0.4, -0.2) is 33.0 Å². The number of thioether (sulfide) groups is 1. The summed E-state index contributed by atoms with van der Waals surface area (Å²) in [6, 6.07) is -0.801. The van der Waals surface area contributed by atoms with Crippen LogP contribution in [0.4, 0.5) is 0 Å². The van der Waals surface area contributed by atoms with E-state index < -0.39 is 12.0 Å². The van der Waals surface area contributed by atoms with Gasteiger partial charge in [-0.05, 0) is 12.2 Å². The van der Waals surface area contributed by atoms with Crippen LogP contribution < -0.4 is 5.73 Å². The van der Waals surface area contributed by atoms with Crippen molar-refractivity contribution in [2.24, 2.45) is 5.73 Å². The van der Waals surface area contributed by atoms with Gasteiger partial charge in [0.2, 0.25) is 5.89 Å². The van der Waals surface area contributed by atoms with Crippen LogP contribution in [0.25, 0.3) is 0 Å². The standard InChI is InChI=1S/C11H19N3O3S/c1-11(2,3)10-13-8(17-14-10)6-18-5-4-7(12)9(15)16/h7H,4-6,12H2,1-3H3,(H,15,16). The van der Waals surface area contributed by atoms with E-state index in [-0.39, 0.29) is 5.41 Å². The molecule has 0 aromatic carbocycles. The monoisotopic (exact) mass is 273 g/mol. The van der Waals surface area contributed by atoms with Crippen molar-refractivity contribution < 1.29 is 14.4 Å². The minimum absolute atomic E-state index is 0.127. The highest BCUT2D eigenvalue weighted by Gasteiger charge is 2.20. The Kier molecular flexibility index (Phi) is 5.15. The van der Waals surface area contributed by atoms with Crippen LogP contribution in [0.3, 0.4) is 0 Å². The molecule has 0 aliphatic heterocycles. The van der Waals surface area contributed by atoms with E-state index in [1.165, 1.54) is 11.8 Å². The summed E-state index contributed by atoms with van der Waals surface area (Å²) in [7, 11) is 0. The summed E-state index contributed by atoms with van der Waals surface area (Å²) < 4.78 is 5.12. The number of aromatic nitrogens is 2. The van der Waals surface area contributed by atoms with E-state index >= 15 is 0 Å². The molecule has 6 nitrogen and oxygen atoms in total. The average molecular weight is 273 g/mol. The summed E-state index contributed by atoms with van der Waals surface area (Å²) in [6.07, 6.45) is 0.431. The smallest absolute Gasteiger partial charge is 0.320 e. The fourth-order valence-electron chi connectivity index (χ4n) is 1.11. The van der Waals surface area contributed by atoms with Gasteiger partial charge in [0.1, 0.15) is 6.04 Å². The van der Waals surface area contributed by atoms with Gasteiger partial charge in [-0.1, -0.05) is 25.9 Å². The van der Waals surface area contributed by atoms with Crippen LogP contribution in [-0.2, 0) is 16.0 Å². The number of carboxylic acid groups (broad SMARTS) is 1. The van der Waals surface area contributed by atoms with Gasteiger partial charge in [-0.25, -0.2) is 0 Å². The summed E-state index contributed by atoms with van der Waals surface area (Å²) in [5, 5.41) is 12.5. The zero-order chi connectivity index (χ0) is 13.8. The van der Waals surface area contributed by atoms with Crippen LogP contribution in [0.2, 0.25) is 0 Å². The van der Waals surface area contributed by atoms with E-state index in [2.05, 4.69) is 10.1 Å². The first-order valence-electron chi connectivity index (χ1n) is 5.70. The molecule has 1 heterocycles. The molecule has 0 aliphatic carbocycles. The molecule has 0 saturated carbocycles. The summed E-state index contributed by atoms with van der Waals surface area (Å²) in [4.78, 5) is 14.8. The molecule has 1 aromatic heterocycles. The molecule has 0 bridgehead atoms. The first-order valence-corrected chi connectivity index (χ1v) is 6.85. The molecule has 1 atom stereocenters. The zero-order valence-corrected chi connectivity index (χ0v) is 11.7. The minimum atomic E-state index is -0.969. The molecule has 1 rings (SSSR count). The van der Waals surface area contributed by atoms with E-state index in [1.807, 2.05) is 20.8 Å². The molecule has 0 aliphatic rings. The highest BCUT2D eigenvalue weighted by Crippen LogP contribution is 2.20. The maximum absolute atomic E-state index is 10.5. The molecule has 1 unspecified atom stereocenters. The molecule has 0 saturated heterocycles. The normalized spacial score (nSPS) is 13.6. The van der Waals surface area contributed by atoms with Crippen LogP contribution >= 0.6 is 11.8 Å². The lowest BCUT2D eigenvalue weighted by Crippen LogP contribution is -2.30. The molecule has 1 aromatic rings. The number of hydrogen-bond acceptors (Lipinski definition) is 6. The lowest BCUT2D eigenvalue weighted by atomic mass is 9.96. The molecule has 18 heavy (non-hydrogen) atoms. The highest BCUT2D eigenvalue weighted by molar-refractivity contribution is 7.98. The Labute approximate surface area is 110 Å². The third-order valence-electron chi connectivity index (χ3n) is 2.25. The van der Waals surface area contributed by atoms with E-state index in [0.717, 1.165) is 0 Å². The Bertz CT molecular complexity index is 400. The third kappa shape index (κ3) is 4.66. The second-order valence-electron chi connectivity index (χ2n) is 5.05. The number of hydrogen-bond donors (Lipinski definition) is 2. The predicted molar refractivity (Wildman–Crippen MR) is 69.4 cm³/mol. The Morgan fingerprint density at radius 3 is 2.72 bits per heavy atom. The first-order chi connectivity index (χ1) is 8.30. The van der Waals surface area contributed by atoms with Gasteiger partial charge in [0, 0.05) is 5.41 Å². The number of nitrogens with two attached hydrogens (primary N) is 1. The van der Waals surface area contributed by atoms with Crippen molar-refractivity contribution in [3.8, 4) is 0 Å². The second-order valence-corrected chi connectivity index (χ2v) is 6.15. The van der Waals surface area contributed by atoms with Crippen molar-refractivity contribution in [1.29, 1.82) is 0 Å². The Morgan fingerprint density at radius 2 is 2.22 bits per heavy atom. The fraction of sp³-hybridized carbons (Fsp3) is 0.727. The Morgan fingerprint density at radius 1 is 1.56 bits per heavy atom. The van der Waals surface area contributed by atoms with Gasteiger partial charge in [0.15, 0.2) is 5.82 Å². The topological polar surface area (TPSA) is 102 Å². The fourth-order valence-corrected chi connectivity index (χ4v) is 1.97. The van der Waals surface area contributed by atoms with Gasteiger partial charge in [0.25, 0.3) is 0 Å². The first kappa shape index (κ1) is 15.0. The number of aliphatic carboxylic acids is 1. The van der Waals surface area contributed by atoms with Crippen LogP contribution in [0.1, 0.15) is 38.9 Å². The van der Waals surface area contributed by atoms with Crippen molar-refractivity contribution >= 4 is 17.7 Å². The van der Waals surface area contributed by atoms with Crippen molar-refractivity contribution in [2.45, 2.75) is 44.4 Å². The number of carbonyl (C=O) groups is 1. The van der Waals surface area contributed by atoms with Crippen LogP contribution in [0, 0.1) is 0 Å². The number of rotatable bonds is 6. The summed E-state index contributed by atoms with van der Waals surface area (Å²) in [5.41, 5.74) is 5.27. The molecular formula is C11H19N3O3S. The van der Waals surface area contributed by atoms with Crippen LogP contribution in [0.5, 0.6) is 0 Å². The second kappa shape index (κ2) is 6.19. The van der Waals surface area contributed by atoms with Gasteiger partial charge in [-0.2, -0.15) is 16.7 Å². The largest absolute Gasteiger partial charge is 0.480 e. The SMILES string of the molecule is CC(C)(C)c1noc(CSCCC(N)C(=O)O)n1. The number of nitrogens with zero attached hydrogens (tertiary/aromatic N) is 2. The van der Waals surface area contributed by atoms with E-state index in [9.17, 15) is 4.79 Å². The summed E-state index contributed by atoms with van der Waals surface area (Å²) >= 11 is 1.54. The summed E-state index contributed by atoms with van der Waals surface area (Å²) in [5.74, 6) is 1.51. The molecule has 0 spiro atoms. The molecular weight excluding hydrogens is 254 g/mol. The quantitative estimate of drug-likeness (QED) is 0.755. The maximum atomic E-state index is 10.5. The third-order valence-corrected chi connectivity index (χ3v) is 3.23.